The standard InChI is InChI=1S/C27H44O8/c1-13(2)16(28)10-22(33)26(5,34)21-6-7-27(35)15-9-17(29)14-8-18(30)19(31)11-24(14,3)23(15)20(32)12-25(21,27)4/h9,13-14,16,18-23,28,30-35H,6-8,10-12H2,1-5H3/t14-,16-,18-,19-,20+,21-,22+,23+,24+,25-,26+,27+/m0/s1. The van der Waals surface area contributed by atoms with Crippen LogP contribution in [0.25, 0.3) is 0 Å². The smallest absolute Gasteiger partial charge is 0.159 e. The van der Waals surface area contributed by atoms with Crippen molar-refractivity contribution >= 4 is 5.78 Å². The zero-order valence-corrected chi connectivity index (χ0v) is 21.6. The summed E-state index contributed by atoms with van der Waals surface area (Å²) in [6, 6.07) is 0. The molecule has 0 aromatic heterocycles. The van der Waals surface area contributed by atoms with E-state index < -0.39 is 70.3 Å². The summed E-state index contributed by atoms with van der Waals surface area (Å²) in [5, 5.41) is 77.3. The number of hydrogen-bond acceptors (Lipinski definition) is 8. The van der Waals surface area contributed by atoms with Gasteiger partial charge < -0.3 is 35.7 Å². The van der Waals surface area contributed by atoms with E-state index in [9.17, 15) is 40.5 Å². The van der Waals surface area contributed by atoms with E-state index in [1.807, 2.05) is 27.7 Å². The van der Waals surface area contributed by atoms with Gasteiger partial charge in [0.2, 0.25) is 0 Å². The normalized spacial score (nSPS) is 48.9. The van der Waals surface area contributed by atoms with E-state index in [0.29, 0.717) is 12.0 Å². The number of carbonyl (C=O) groups excluding carboxylic acids is 1. The third kappa shape index (κ3) is 3.78. The van der Waals surface area contributed by atoms with Crippen LogP contribution in [0, 0.1) is 34.5 Å². The molecule has 7 N–H and O–H groups in total. The molecule has 3 saturated carbocycles. The van der Waals surface area contributed by atoms with Gasteiger partial charge in [-0.15, -0.1) is 0 Å². The van der Waals surface area contributed by atoms with Crippen LogP contribution in [-0.2, 0) is 4.79 Å². The molecule has 8 nitrogen and oxygen atoms in total. The zero-order chi connectivity index (χ0) is 26.3. The van der Waals surface area contributed by atoms with Crippen LogP contribution in [-0.4, -0.2) is 83.3 Å². The van der Waals surface area contributed by atoms with Crippen LogP contribution < -0.4 is 0 Å². The number of fused-ring (bicyclic) bond motifs is 5. The van der Waals surface area contributed by atoms with E-state index in [4.69, 9.17) is 0 Å². The summed E-state index contributed by atoms with van der Waals surface area (Å²) in [5.41, 5.74) is -4.53. The molecule has 0 saturated heterocycles. The summed E-state index contributed by atoms with van der Waals surface area (Å²) >= 11 is 0. The first kappa shape index (κ1) is 27.2. The van der Waals surface area contributed by atoms with Gasteiger partial charge in [-0.3, -0.25) is 4.79 Å². The first-order valence-electron chi connectivity index (χ1n) is 13.1. The Labute approximate surface area is 207 Å². The highest BCUT2D eigenvalue weighted by molar-refractivity contribution is 5.95. The van der Waals surface area contributed by atoms with E-state index in [1.54, 1.807) is 0 Å². The highest BCUT2D eigenvalue weighted by atomic mass is 16.3. The molecule has 0 radical (unpaired) electrons. The van der Waals surface area contributed by atoms with Crippen molar-refractivity contribution in [3.05, 3.63) is 11.6 Å². The number of allylic oxidation sites excluding steroid dienone is 1. The molecule has 0 aliphatic heterocycles. The summed E-state index contributed by atoms with van der Waals surface area (Å²) in [6.07, 6.45) is -2.52. The largest absolute Gasteiger partial charge is 0.393 e. The predicted octanol–water partition coefficient (Wildman–Crippen LogP) is 0.681. The van der Waals surface area contributed by atoms with Gasteiger partial charge in [0.05, 0.1) is 41.7 Å². The minimum atomic E-state index is -1.64. The molecule has 0 heterocycles. The fourth-order valence-corrected chi connectivity index (χ4v) is 8.40. The fraction of sp³-hybridized carbons (Fsp3) is 0.889. The highest BCUT2D eigenvalue weighted by Crippen LogP contribution is 2.68. The second kappa shape index (κ2) is 8.58. The van der Waals surface area contributed by atoms with Crippen LogP contribution in [0.2, 0.25) is 0 Å². The van der Waals surface area contributed by atoms with Crippen LogP contribution in [0.5, 0.6) is 0 Å². The first-order valence-corrected chi connectivity index (χ1v) is 13.1. The van der Waals surface area contributed by atoms with Crippen molar-refractivity contribution in [1.82, 2.24) is 0 Å². The Bertz CT molecular complexity index is 884. The average Bonchev–Trinajstić information content (AvgIpc) is 3.01. The summed E-state index contributed by atoms with van der Waals surface area (Å²) in [5.74, 6) is -2.03. The van der Waals surface area contributed by atoms with Crippen molar-refractivity contribution in [3.8, 4) is 0 Å². The second-order valence-electron chi connectivity index (χ2n) is 13.0. The van der Waals surface area contributed by atoms with E-state index in [-0.39, 0.29) is 43.8 Å². The lowest BCUT2D eigenvalue weighted by molar-refractivity contribution is -0.198. The lowest BCUT2D eigenvalue weighted by Gasteiger charge is -2.62. The minimum Gasteiger partial charge on any atom is -0.393 e. The third-order valence-electron chi connectivity index (χ3n) is 10.7. The molecule has 4 aliphatic carbocycles. The van der Waals surface area contributed by atoms with Crippen LogP contribution in [0.1, 0.15) is 73.1 Å². The maximum Gasteiger partial charge on any atom is 0.159 e. The highest BCUT2D eigenvalue weighted by Gasteiger charge is 2.71. The Hall–Kier alpha value is -0.870. The van der Waals surface area contributed by atoms with Gasteiger partial charge in [-0.1, -0.05) is 27.7 Å². The molecule has 12 atom stereocenters. The van der Waals surface area contributed by atoms with Gasteiger partial charge in [0.15, 0.2) is 5.78 Å². The molecule has 0 aromatic carbocycles. The number of carbonyl (C=O) groups is 1. The van der Waals surface area contributed by atoms with E-state index in [1.165, 1.54) is 13.0 Å². The Kier molecular flexibility index (Phi) is 6.66. The summed E-state index contributed by atoms with van der Waals surface area (Å²) in [6.45, 7) is 8.87. The molecule has 0 unspecified atom stereocenters. The minimum absolute atomic E-state index is 0.0119. The molecule has 4 rings (SSSR count). The third-order valence-corrected chi connectivity index (χ3v) is 10.7. The SMILES string of the molecule is CC(C)[C@@H](O)C[C@@H](O)[C@](C)(O)[C@H]1CC[C@@]2(O)C3=CC(=O)[C@@H]4C[C@H](O)[C@@H](O)C[C@@]4(C)[C@H]3[C@H](O)C[C@@]12C. The van der Waals surface area contributed by atoms with Gasteiger partial charge in [0.25, 0.3) is 0 Å². The average molecular weight is 497 g/mol. The van der Waals surface area contributed by atoms with Crippen molar-refractivity contribution in [3.63, 3.8) is 0 Å². The second-order valence-corrected chi connectivity index (χ2v) is 13.0. The van der Waals surface area contributed by atoms with Gasteiger partial charge in [0.1, 0.15) is 0 Å². The van der Waals surface area contributed by atoms with Crippen LogP contribution >= 0.6 is 0 Å². The van der Waals surface area contributed by atoms with Crippen molar-refractivity contribution < 1.29 is 40.5 Å². The molecule has 4 aliphatic rings. The van der Waals surface area contributed by atoms with Crippen molar-refractivity contribution in [2.45, 2.75) is 115 Å². The quantitative estimate of drug-likeness (QED) is 0.293. The lowest BCUT2D eigenvalue weighted by atomic mass is 9.44. The Morgan fingerprint density at radius 1 is 1.09 bits per heavy atom. The zero-order valence-electron chi connectivity index (χ0n) is 21.6. The van der Waals surface area contributed by atoms with Gasteiger partial charge in [0, 0.05) is 23.7 Å². The molecule has 0 aromatic rings. The van der Waals surface area contributed by atoms with Crippen molar-refractivity contribution in [2.24, 2.45) is 34.5 Å². The van der Waals surface area contributed by atoms with Crippen molar-refractivity contribution in [1.29, 1.82) is 0 Å². The fourth-order valence-electron chi connectivity index (χ4n) is 8.40. The van der Waals surface area contributed by atoms with Crippen LogP contribution in [0.4, 0.5) is 0 Å². The summed E-state index contributed by atoms with van der Waals surface area (Å²) in [4.78, 5) is 13.3. The maximum atomic E-state index is 13.3. The lowest BCUT2D eigenvalue weighted by Crippen LogP contribution is -2.66. The predicted molar refractivity (Wildman–Crippen MR) is 128 cm³/mol. The molecule has 0 bridgehead atoms. The number of ketones is 1. The van der Waals surface area contributed by atoms with Crippen LogP contribution in [0.3, 0.4) is 0 Å². The van der Waals surface area contributed by atoms with Crippen LogP contribution in [0.15, 0.2) is 11.6 Å². The number of aliphatic hydroxyl groups excluding tert-OH is 5. The molecule has 8 heteroatoms. The number of hydrogen-bond donors (Lipinski definition) is 7. The number of aliphatic hydroxyl groups is 7. The molecule has 0 spiro atoms. The maximum absolute atomic E-state index is 13.3. The van der Waals surface area contributed by atoms with Gasteiger partial charge in [-0.2, -0.15) is 0 Å². The Morgan fingerprint density at radius 3 is 2.31 bits per heavy atom. The van der Waals surface area contributed by atoms with Gasteiger partial charge in [-0.05, 0) is 67.9 Å². The Morgan fingerprint density at radius 2 is 1.71 bits per heavy atom. The van der Waals surface area contributed by atoms with Gasteiger partial charge in [-0.25, -0.2) is 0 Å². The van der Waals surface area contributed by atoms with Crippen molar-refractivity contribution in [2.75, 3.05) is 0 Å². The van der Waals surface area contributed by atoms with Gasteiger partial charge >= 0.3 is 0 Å². The molecule has 200 valence electrons. The summed E-state index contributed by atoms with van der Waals surface area (Å²) < 4.78 is 0. The number of rotatable bonds is 5. The summed E-state index contributed by atoms with van der Waals surface area (Å²) in [7, 11) is 0. The van der Waals surface area contributed by atoms with E-state index in [2.05, 4.69) is 0 Å². The monoisotopic (exact) mass is 496 g/mol. The molecular formula is C27H44O8. The van der Waals surface area contributed by atoms with E-state index >= 15 is 0 Å². The topological polar surface area (TPSA) is 159 Å². The molecule has 0 amide bonds. The molecule has 3 fully saturated rings. The Balaban J connectivity index is 1.72. The molecule has 35 heavy (non-hydrogen) atoms. The first-order chi connectivity index (χ1) is 16.0. The van der Waals surface area contributed by atoms with E-state index in [0.717, 1.165) is 0 Å². The molecular weight excluding hydrogens is 452 g/mol.